The van der Waals surface area contributed by atoms with E-state index in [0.717, 1.165) is 11.1 Å². The van der Waals surface area contributed by atoms with Gasteiger partial charge in [0.25, 0.3) is 0 Å². The number of nitrogens with one attached hydrogen (secondary N) is 2. The zero-order chi connectivity index (χ0) is 23.9. The average molecular weight is 480 g/mol. The van der Waals surface area contributed by atoms with Crippen molar-refractivity contribution in [1.29, 1.82) is 0 Å². The third-order valence-electron chi connectivity index (χ3n) is 6.14. The number of rotatable bonds is 8. The first-order valence-corrected chi connectivity index (χ1v) is 11.9. The predicted molar refractivity (Wildman–Crippen MR) is 135 cm³/mol. The Bertz CT molecular complexity index is 1080. The number of amides is 1. The molecule has 0 saturated carbocycles. The Kier molecular flexibility index (Phi) is 8.33. The second-order valence-electron chi connectivity index (χ2n) is 8.63. The second-order valence-corrected chi connectivity index (χ2v) is 9.07. The third kappa shape index (κ3) is 6.44. The zero-order valence-electron chi connectivity index (χ0n) is 19.0. The van der Waals surface area contributed by atoms with Crippen molar-refractivity contribution in [2.45, 2.75) is 37.3 Å². The molecule has 1 aliphatic heterocycles. The molecule has 3 aromatic rings. The lowest BCUT2D eigenvalue weighted by molar-refractivity contribution is -0.116. The SMILES string of the molecule is [CH2][C@H]1CO[C@H](CCc2c(F)cccc2NC(=O)C[C@H](c2ccccc2)c2ccc(Cl)cc2)CN1. The van der Waals surface area contributed by atoms with Gasteiger partial charge in [-0.1, -0.05) is 60.1 Å². The summed E-state index contributed by atoms with van der Waals surface area (Å²) in [4.78, 5) is 13.1. The molecule has 3 aromatic carbocycles. The Balaban J connectivity index is 1.47. The number of morpholine rings is 1. The molecule has 177 valence electrons. The topological polar surface area (TPSA) is 50.4 Å². The maximum atomic E-state index is 14.7. The number of hydrogen-bond acceptors (Lipinski definition) is 3. The van der Waals surface area contributed by atoms with Gasteiger partial charge in [-0.3, -0.25) is 4.79 Å². The summed E-state index contributed by atoms with van der Waals surface area (Å²) in [5, 5.41) is 6.88. The first kappa shape index (κ1) is 24.4. The molecule has 34 heavy (non-hydrogen) atoms. The highest BCUT2D eigenvalue weighted by atomic mass is 35.5. The minimum absolute atomic E-state index is 0.00600. The normalized spacial score (nSPS) is 18.9. The van der Waals surface area contributed by atoms with E-state index in [1.165, 1.54) is 6.07 Å². The lowest BCUT2D eigenvalue weighted by Crippen LogP contribution is -2.45. The molecule has 0 spiro atoms. The van der Waals surface area contributed by atoms with Crippen molar-refractivity contribution < 1.29 is 13.9 Å². The largest absolute Gasteiger partial charge is 0.375 e. The summed E-state index contributed by atoms with van der Waals surface area (Å²) in [6.07, 6.45) is 1.34. The molecule has 1 saturated heterocycles. The summed E-state index contributed by atoms with van der Waals surface area (Å²) in [6.45, 7) is 5.16. The fourth-order valence-corrected chi connectivity index (χ4v) is 4.41. The molecule has 6 heteroatoms. The number of benzene rings is 3. The fraction of sp³-hybridized carbons (Fsp3) is 0.286. The summed E-state index contributed by atoms with van der Waals surface area (Å²) in [5.41, 5.74) is 3.03. The van der Waals surface area contributed by atoms with E-state index >= 15 is 0 Å². The molecule has 2 N–H and O–H groups in total. The number of carbonyl (C=O) groups excluding carboxylic acids is 1. The van der Waals surface area contributed by atoms with Crippen LogP contribution in [0.1, 0.15) is 35.4 Å². The smallest absolute Gasteiger partial charge is 0.225 e. The van der Waals surface area contributed by atoms with Gasteiger partial charge in [0.1, 0.15) is 5.82 Å². The molecule has 4 nitrogen and oxygen atoms in total. The van der Waals surface area contributed by atoms with E-state index in [1.807, 2.05) is 54.6 Å². The number of anilines is 1. The Morgan fingerprint density at radius 1 is 1.09 bits per heavy atom. The number of ether oxygens (including phenoxy) is 1. The minimum atomic E-state index is -0.325. The van der Waals surface area contributed by atoms with Crippen LogP contribution in [0.2, 0.25) is 5.02 Å². The molecule has 1 aliphatic rings. The number of hydrogen-bond donors (Lipinski definition) is 2. The Morgan fingerprint density at radius 3 is 2.53 bits per heavy atom. The van der Waals surface area contributed by atoms with Crippen LogP contribution in [0.15, 0.2) is 72.8 Å². The van der Waals surface area contributed by atoms with Gasteiger partial charge in [-0.05, 0) is 55.2 Å². The minimum Gasteiger partial charge on any atom is -0.375 e. The maximum absolute atomic E-state index is 14.7. The zero-order valence-corrected chi connectivity index (χ0v) is 19.7. The average Bonchev–Trinajstić information content (AvgIpc) is 2.84. The van der Waals surface area contributed by atoms with Gasteiger partial charge in [-0.25, -0.2) is 4.39 Å². The van der Waals surface area contributed by atoms with E-state index in [4.69, 9.17) is 16.3 Å². The monoisotopic (exact) mass is 479 g/mol. The molecule has 3 atom stereocenters. The highest BCUT2D eigenvalue weighted by Gasteiger charge is 2.22. The second kappa shape index (κ2) is 11.6. The Labute approximate surface area is 205 Å². The maximum Gasteiger partial charge on any atom is 0.225 e. The summed E-state index contributed by atoms with van der Waals surface area (Å²) in [5.74, 6) is -0.646. The van der Waals surface area contributed by atoms with Crippen molar-refractivity contribution in [2.75, 3.05) is 18.5 Å². The molecule has 1 radical (unpaired) electrons. The van der Waals surface area contributed by atoms with Crippen molar-refractivity contribution in [2.24, 2.45) is 0 Å². The third-order valence-corrected chi connectivity index (χ3v) is 6.39. The lowest BCUT2D eigenvalue weighted by atomic mass is 9.88. The lowest BCUT2D eigenvalue weighted by Gasteiger charge is -2.28. The van der Waals surface area contributed by atoms with Gasteiger partial charge in [0.15, 0.2) is 0 Å². The van der Waals surface area contributed by atoms with Gasteiger partial charge in [-0.15, -0.1) is 0 Å². The fourth-order valence-electron chi connectivity index (χ4n) is 4.28. The van der Waals surface area contributed by atoms with Crippen LogP contribution in [-0.2, 0) is 16.0 Å². The van der Waals surface area contributed by atoms with Crippen LogP contribution in [0.25, 0.3) is 0 Å². The first-order valence-electron chi connectivity index (χ1n) is 11.6. The van der Waals surface area contributed by atoms with Crippen molar-refractivity contribution in [3.8, 4) is 0 Å². The van der Waals surface area contributed by atoms with Crippen molar-refractivity contribution in [3.63, 3.8) is 0 Å². The van der Waals surface area contributed by atoms with E-state index in [2.05, 4.69) is 17.6 Å². The summed E-state index contributed by atoms with van der Waals surface area (Å²) >= 11 is 6.07. The molecule has 0 bridgehead atoms. The molecule has 1 heterocycles. The quantitative estimate of drug-likeness (QED) is 0.431. The molecule has 0 aromatic heterocycles. The number of carbonyl (C=O) groups is 1. The Morgan fingerprint density at radius 2 is 1.82 bits per heavy atom. The first-order chi connectivity index (χ1) is 16.5. The van der Waals surface area contributed by atoms with Crippen LogP contribution in [0.5, 0.6) is 0 Å². The molecule has 4 rings (SSSR count). The summed E-state index contributed by atoms with van der Waals surface area (Å²) < 4.78 is 20.5. The van der Waals surface area contributed by atoms with Crippen LogP contribution in [0.3, 0.4) is 0 Å². The van der Waals surface area contributed by atoms with Crippen LogP contribution in [0, 0.1) is 12.7 Å². The van der Waals surface area contributed by atoms with E-state index in [0.29, 0.717) is 42.3 Å². The van der Waals surface area contributed by atoms with Crippen molar-refractivity contribution in [3.05, 3.63) is 107 Å². The number of halogens is 2. The molecule has 1 fully saturated rings. The molecule has 1 amide bonds. The van der Waals surface area contributed by atoms with E-state index < -0.39 is 0 Å². The van der Waals surface area contributed by atoms with Crippen LogP contribution in [-0.4, -0.2) is 31.2 Å². The molecule has 0 aliphatic carbocycles. The summed E-state index contributed by atoms with van der Waals surface area (Å²) in [7, 11) is 0. The van der Waals surface area contributed by atoms with Gasteiger partial charge >= 0.3 is 0 Å². The molecular formula is C28H29ClFN2O2. The van der Waals surface area contributed by atoms with E-state index in [1.54, 1.807) is 12.1 Å². The van der Waals surface area contributed by atoms with Crippen molar-refractivity contribution >= 4 is 23.2 Å². The van der Waals surface area contributed by atoms with Crippen LogP contribution < -0.4 is 10.6 Å². The molecule has 0 unspecified atom stereocenters. The highest BCUT2D eigenvalue weighted by Crippen LogP contribution is 2.30. The van der Waals surface area contributed by atoms with Gasteiger partial charge in [0.2, 0.25) is 5.91 Å². The Hall–Kier alpha value is -2.73. The standard InChI is InChI=1S/C28H29ClFN2O2/c1-19-18-34-23(17-31-19)14-15-24-26(30)8-5-9-27(24)32-28(33)16-25(20-6-3-2-4-7-20)21-10-12-22(29)13-11-21/h2-13,19,23,25,31H,1,14-18H2,(H,32,33)/t19-,23+,25+/m0/s1. The van der Waals surface area contributed by atoms with Crippen molar-refractivity contribution in [1.82, 2.24) is 5.32 Å². The summed E-state index contributed by atoms with van der Waals surface area (Å²) in [6, 6.07) is 22.3. The van der Waals surface area contributed by atoms with Gasteiger partial charge in [-0.2, -0.15) is 0 Å². The molecular weight excluding hydrogens is 451 g/mol. The van der Waals surface area contributed by atoms with Gasteiger partial charge in [0.05, 0.1) is 12.7 Å². The van der Waals surface area contributed by atoms with E-state index in [9.17, 15) is 9.18 Å². The van der Waals surface area contributed by atoms with Crippen LogP contribution >= 0.6 is 11.6 Å². The van der Waals surface area contributed by atoms with Gasteiger partial charge in [0, 0.05) is 41.2 Å². The van der Waals surface area contributed by atoms with Gasteiger partial charge < -0.3 is 15.4 Å². The van der Waals surface area contributed by atoms with E-state index in [-0.39, 0.29) is 36.2 Å². The predicted octanol–water partition coefficient (Wildman–Crippen LogP) is 5.76. The van der Waals surface area contributed by atoms with Crippen LogP contribution in [0.4, 0.5) is 10.1 Å². The highest BCUT2D eigenvalue weighted by molar-refractivity contribution is 6.30.